The van der Waals surface area contributed by atoms with Crippen molar-refractivity contribution >= 4 is 23.0 Å². The van der Waals surface area contributed by atoms with Gasteiger partial charge in [-0.15, -0.1) is 0 Å². The molecular weight excluding hydrogens is 505 g/mol. The lowest BCUT2D eigenvalue weighted by molar-refractivity contribution is -0.118. The van der Waals surface area contributed by atoms with E-state index in [1.165, 1.54) is 0 Å². The van der Waals surface area contributed by atoms with Gasteiger partial charge >= 0.3 is 0 Å². The molecule has 1 fully saturated rings. The van der Waals surface area contributed by atoms with Gasteiger partial charge in [0.05, 0.1) is 0 Å². The number of nitrogens with zero attached hydrogens (tertiary/aromatic N) is 2. The molecule has 38 heavy (non-hydrogen) atoms. The standard InChI is InChI=1S/C28H28F5N3O2/c1-28(2,3)17-4-10-20(11-5-17)38-16-21(37)34-18-6-8-19(9-7-18)35-12-14-36(15-13-35)27-25(32)23(30)22(29)24(31)26(27)33/h4-11H,12-16H2,1-3H3,(H,34,37). The minimum absolute atomic E-state index is 0.0207. The summed E-state index contributed by atoms with van der Waals surface area (Å²) in [5, 5.41) is 2.76. The summed E-state index contributed by atoms with van der Waals surface area (Å²) < 4.78 is 74.4. The van der Waals surface area contributed by atoms with Crippen molar-refractivity contribution < 1.29 is 31.5 Å². The molecule has 3 aromatic carbocycles. The zero-order valence-corrected chi connectivity index (χ0v) is 21.3. The van der Waals surface area contributed by atoms with Gasteiger partial charge in [0.2, 0.25) is 5.82 Å². The number of anilines is 3. The quantitative estimate of drug-likeness (QED) is 0.239. The van der Waals surface area contributed by atoms with Crippen molar-refractivity contribution in [3.8, 4) is 5.75 Å². The predicted octanol–water partition coefficient (Wildman–Crippen LogP) is 6.02. The lowest BCUT2D eigenvalue weighted by Crippen LogP contribution is -2.47. The molecule has 1 saturated heterocycles. The number of hydrogen-bond donors (Lipinski definition) is 1. The van der Waals surface area contributed by atoms with E-state index < -0.39 is 34.8 Å². The molecule has 0 radical (unpaired) electrons. The summed E-state index contributed by atoms with van der Waals surface area (Å²) in [4.78, 5) is 15.4. The van der Waals surface area contributed by atoms with Crippen molar-refractivity contribution in [2.24, 2.45) is 0 Å². The first-order valence-corrected chi connectivity index (χ1v) is 12.1. The molecule has 3 aromatic rings. The van der Waals surface area contributed by atoms with Crippen molar-refractivity contribution in [3.05, 3.63) is 83.2 Å². The van der Waals surface area contributed by atoms with Gasteiger partial charge < -0.3 is 19.9 Å². The SMILES string of the molecule is CC(C)(C)c1ccc(OCC(=O)Nc2ccc(N3CCN(c4c(F)c(F)c(F)c(F)c4F)CC3)cc2)cc1. The summed E-state index contributed by atoms with van der Waals surface area (Å²) in [5.41, 5.74) is 1.62. The molecule has 5 nitrogen and oxygen atoms in total. The Balaban J connectivity index is 1.30. The lowest BCUT2D eigenvalue weighted by atomic mass is 9.87. The van der Waals surface area contributed by atoms with Crippen LogP contribution in [0.3, 0.4) is 0 Å². The Morgan fingerprint density at radius 1 is 0.763 bits per heavy atom. The number of amides is 1. The molecule has 0 aromatic heterocycles. The van der Waals surface area contributed by atoms with Gasteiger partial charge in [-0.05, 0) is 47.4 Å². The van der Waals surface area contributed by atoms with Gasteiger partial charge in [-0.1, -0.05) is 32.9 Å². The maximum Gasteiger partial charge on any atom is 0.262 e. The molecule has 1 aliphatic heterocycles. The highest BCUT2D eigenvalue weighted by molar-refractivity contribution is 5.92. The smallest absolute Gasteiger partial charge is 0.262 e. The highest BCUT2D eigenvalue weighted by Crippen LogP contribution is 2.31. The molecule has 1 aliphatic rings. The fourth-order valence-corrected chi connectivity index (χ4v) is 4.21. The van der Waals surface area contributed by atoms with E-state index in [9.17, 15) is 26.7 Å². The number of halogens is 5. The number of hydrogen-bond acceptors (Lipinski definition) is 4. The first-order valence-electron chi connectivity index (χ1n) is 12.1. The highest BCUT2D eigenvalue weighted by atomic mass is 19.2. The van der Waals surface area contributed by atoms with Crippen LogP contribution in [0.25, 0.3) is 0 Å². The van der Waals surface area contributed by atoms with E-state index in [-0.39, 0.29) is 31.0 Å². The third kappa shape index (κ3) is 5.84. The number of carbonyl (C=O) groups is 1. The second-order valence-electron chi connectivity index (χ2n) is 10.1. The van der Waals surface area contributed by atoms with Crippen LogP contribution in [0.4, 0.5) is 39.0 Å². The fraction of sp³-hybridized carbons (Fsp3) is 0.321. The molecule has 1 heterocycles. The van der Waals surface area contributed by atoms with Gasteiger partial charge in [-0.3, -0.25) is 4.79 Å². The average Bonchev–Trinajstić information content (AvgIpc) is 2.90. The summed E-state index contributed by atoms with van der Waals surface area (Å²) in [7, 11) is 0. The molecule has 0 bridgehead atoms. The number of piperazine rings is 1. The van der Waals surface area contributed by atoms with E-state index in [2.05, 4.69) is 26.1 Å². The Hall–Kier alpha value is -3.82. The van der Waals surface area contributed by atoms with Crippen molar-refractivity contribution in [2.45, 2.75) is 26.2 Å². The Kier molecular flexibility index (Phi) is 7.80. The molecule has 10 heteroatoms. The number of ether oxygens (including phenoxy) is 1. The van der Waals surface area contributed by atoms with Crippen LogP contribution in [0.5, 0.6) is 5.75 Å². The van der Waals surface area contributed by atoms with E-state index in [1.807, 2.05) is 29.2 Å². The van der Waals surface area contributed by atoms with Gasteiger partial charge in [0, 0.05) is 37.6 Å². The highest BCUT2D eigenvalue weighted by Gasteiger charge is 2.30. The molecule has 0 spiro atoms. The third-order valence-electron chi connectivity index (χ3n) is 6.39. The molecule has 1 N–H and O–H groups in total. The van der Waals surface area contributed by atoms with Gasteiger partial charge in [0.15, 0.2) is 29.9 Å². The van der Waals surface area contributed by atoms with Gasteiger partial charge in [-0.2, -0.15) is 0 Å². The van der Waals surface area contributed by atoms with Crippen LogP contribution in [0.2, 0.25) is 0 Å². The van der Waals surface area contributed by atoms with E-state index in [1.54, 1.807) is 24.3 Å². The molecule has 4 rings (SSSR count). The molecule has 0 atom stereocenters. The summed E-state index contributed by atoms with van der Waals surface area (Å²) in [6.07, 6.45) is 0. The Morgan fingerprint density at radius 2 is 1.26 bits per heavy atom. The van der Waals surface area contributed by atoms with Crippen molar-refractivity contribution in [2.75, 3.05) is 47.9 Å². The zero-order valence-electron chi connectivity index (χ0n) is 21.3. The topological polar surface area (TPSA) is 44.8 Å². The first-order chi connectivity index (χ1) is 18.0. The number of benzene rings is 3. The molecule has 0 saturated carbocycles. The monoisotopic (exact) mass is 533 g/mol. The third-order valence-corrected chi connectivity index (χ3v) is 6.39. The van der Waals surface area contributed by atoms with Crippen LogP contribution in [-0.4, -0.2) is 38.7 Å². The van der Waals surface area contributed by atoms with Crippen molar-refractivity contribution in [3.63, 3.8) is 0 Å². The summed E-state index contributed by atoms with van der Waals surface area (Å²) in [5.74, 6) is -9.48. The molecule has 202 valence electrons. The van der Waals surface area contributed by atoms with Crippen LogP contribution in [-0.2, 0) is 10.2 Å². The van der Waals surface area contributed by atoms with Gasteiger partial charge in [0.25, 0.3) is 5.91 Å². The van der Waals surface area contributed by atoms with E-state index >= 15 is 0 Å². The van der Waals surface area contributed by atoms with E-state index in [0.717, 1.165) is 16.2 Å². The number of carbonyl (C=O) groups excluding carboxylic acids is 1. The van der Waals surface area contributed by atoms with Crippen molar-refractivity contribution in [1.82, 2.24) is 0 Å². The second kappa shape index (κ2) is 10.9. The van der Waals surface area contributed by atoms with Gasteiger partial charge in [0.1, 0.15) is 11.4 Å². The van der Waals surface area contributed by atoms with Crippen molar-refractivity contribution in [1.29, 1.82) is 0 Å². The second-order valence-corrected chi connectivity index (χ2v) is 10.1. The Bertz CT molecular complexity index is 1270. The summed E-state index contributed by atoms with van der Waals surface area (Å²) in [6, 6.07) is 14.6. The minimum Gasteiger partial charge on any atom is -0.484 e. The summed E-state index contributed by atoms with van der Waals surface area (Å²) in [6.45, 7) is 6.90. The Labute approximate surface area is 217 Å². The predicted molar refractivity (Wildman–Crippen MR) is 136 cm³/mol. The van der Waals surface area contributed by atoms with Crippen LogP contribution < -0.4 is 19.9 Å². The fourth-order valence-electron chi connectivity index (χ4n) is 4.21. The minimum atomic E-state index is -2.17. The molecular formula is C28H28F5N3O2. The normalized spacial score (nSPS) is 14.0. The average molecular weight is 534 g/mol. The Morgan fingerprint density at radius 3 is 1.79 bits per heavy atom. The number of rotatable bonds is 6. The summed E-state index contributed by atoms with van der Waals surface area (Å²) >= 11 is 0. The zero-order chi connectivity index (χ0) is 27.6. The van der Waals surface area contributed by atoms with E-state index in [4.69, 9.17) is 4.74 Å². The van der Waals surface area contributed by atoms with Crippen LogP contribution in [0.15, 0.2) is 48.5 Å². The maximum atomic E-state index is 14.1. The molecule has 1 amide bonds. The van der Waals surface area contributed by atoms with E-state index in [0.29, 0.717) is 24.5 Å². The van der Waals surface area contributed by atoms with Gasteiger partial charge in [-0.25, -0.2) is 22.0 Å². The molecule has 0 unspecified atom stereocenters. The lowest BCUT2D eigenvalue weighted by Gasteiger charge is -2.37. The molecule has 0 aliphatic carbocycles. The number of nitrogens with one attached hydrogen (secondary N) is 1. The van der Waals surface area contributed by atoms with Crippen LogP contribution in [0, 0.1) is 29.1 Å². The largest absolute Gasteiger partial charge is 0.484 e. The van der Waals surface area contributed by atoms with Crippen LogP contribution >= 0.6 is 0 Å². The first kappa shape index (κ1) is 27.2. The van der Waals surface area contributed by atoms with Crippen LogP contribution in [0.1, 0.15) is 26.3 Å². The maximum absolute atomic E-state index is 14.1.